The Bertz CT molecular complexity index is 1310. The third-order valence-corrected chi connectivity index (χ3v) is 6.67. The summed E-state index contributed by atoms with van der Waals surface area (Å²) in [6.07, 6.45) is 1.55. The van der Waals surface area contributed by atoms with Gasteiger partial charge in [0.05, 0.1) is 18.3 Å². The lowest BCUT2D eigenvalue weighted by Gasteiger charge is -2.19. The van der Waals surface area contributed by atoms with Gasteiger partial charge in [-0.05, 0) is 34.6 Å². The first-order valence-electron chi connectivity index (χ1n) is 10.5. The number of nitrogens with zero attached hydrogens (tertiary/aromatic N) is 2. The number of rotatable bonds is 5. The van der Waals surface area contributed by atoms with Gasteiger partial charge in [0.1, 0.15) is 16.3 Å². The largest absolute Gasteiger partial charge is 0.457 e. The first-order valence-corrected chi connectivity index (χ1v) is 11.3. The minimum Gasteiger partial charge on any atom is -0.457 e. The molecule has 0 aliphatic rings. The van der Waals surface area contributed by atoms with Crippen LogP contribution in [0.2, 0.25) is 0 Å². The Morgan fingerprint density at radius 2 is 1.72 bits per heavy atom. The number of carbonyl (C=O) groups is 1. The van der Waals surface area contributed by atoms with Crippen molar-refractivity contribution in [2.45, 2.75) is 46.3 Å². The molecule has 0 radical (unpaired) electrons. The Kier molecular flexibility index (Phi) is 5.98. The lowest BCUT2D eigenvalue weighted by molar-refractivity contribution is 0.0478. The molecule has 0 atom stereocenters. The van der Waals surface area contributed by atoms with Crippen LogP contribution in [0.15, 0.2) is 65.7 Å². The first-order chi connectivity index (χ1) is 15.2. The maximum Gasteiger partial charge on any atom is 0.349 e. The average Bonchev–Trinajstić information content (AvgIpc) is 3.11. The summed E-state index contributed by atoms with van der Waals surface area (Å²) >= 11 is 1.20. The molecule has 0 saturated heterocycles. The van der Waals surface area contributed by atoms with E-state index in [0.717, 1.165) is 11.1 Å². The van der Waals surface area contributed by atoms with E-state index in [1.54, 1.807) is 17.8 Å². The number of ether oxygens (including phenoxy) is 1. The SMILES string of the molecule is Cc1c(C(=O)OCc2ccccc2)sc2ncn(Cc3ccc(C(C)(C)C)cc3)c(=O)c12. The Hall–Kier alpha value is -3.25. The van der Waals surface area contributed by atoms with Crippen molar-refractivity contribution in [2.24, 2.45) is 0 Å². The Morgan fingerprint density at radius 3 is 2.38 bits per heavy atom. The molecule has 4 rings (SSSR count). The van der Waals surface area contributed by atoms with Crippen molar-refractivity contribution in [3.05, 3.63) is 98.4 Å². The predicted molar refractivity (Wildman–Crippen MR) is 128 cm³/mol. The summed E-state index contributed by atoms with van der Waals surface area (Å²) in [5, 5.41) is 0.482. The number of benzene rings is 2. The molecule has 0 aliphatic heterocycles. The smallest absolute Gasteiger partial charge is 0.349 e. The number of aromatic nitrogens is 2. The van der Waals surface area contributed by atoms with Gasteiger partial charge < -0.3 is 4.74 Å². The van der Waals surface area contributed by atoms with Crippen LogP contribution in [0.5, 0.6) is 0 Å². The molecule has 32 heavy (non-hydrogen) atoms. The van der Waals surface area contributed by atoms with E-state index in [0.29, 0.717) is 27.2 Å². The third-order valence-electron chi connectivity index (χ3n) is 5.49. The van der Waals surface area contributed by atoms with Gasteiger partial charge in [0.2, 0.25) is 0 Å². The summed E-state index contributed by atoms with van der Waals surface area (Å²) in [7, 11) is 0. The monoisotopic (exact) mass is 446 g/mol. The number of fused-ring (bicyclic) bond motifs is 1. The van der Waals surface area contributed by atoms with Crippen molar-refractivity contribution in [3.63, 3.8) is 0 Å². The normalized spacial score (nSPS) is 11.6. The minimum absolute atomic E-state index is 0.0785. The van der Waals surface area contributed by atoms with Gasteiger partial charge in [0.25, 0.3) is 5.56 Å². The molecule has 0 saturated carbocycles. The number of aryl methyl sites for hydroxylation is 1. The van der Waals surface area contributed by atoms with Gasteiger partial charge in [-0.15, -0.1) is 11.3 Å². The topological polar surface area (TPSA) is 61.2 Å². The van der Waals surface area contributed by atoms with Crippen LogP contribution in [-0.4, -0.2) is 15.5 Å². The van der Waals surface area contributed by atoms with Crippen molar-refractivity contribution in [1.29, 1.82) is 0 Å². The quantitative estimate of drug-likeness (QED) is 0.382. The van der Waals surface area contributed by atoms with Crippen molar-refractivity contribution >= 4 is 27.5 Å². The average molecular weight is 447 g/mol. The summed E-state index contributed by atoms with van der Waals surface area (Å²) in [4.78, 5) is 31.3. The van der Waals surface area contributed by atoms with E-state index in [9.17, 15) is 9.59 Å². The molecule has 2 aromatic carbocycles. The van der Waals surface area contributed by atoms with E-state index in [1.165, 1.54) is 16.9 Å². The number of hydrogen-bond donors (Lipinski definition) is 0. The van der Waals surface area contributed by atoms with Gasteiger partial charge in [0.15, 0.2) is 0 Å². The molecule has 0 bridgehead atoms. The molecule has 0 unspecified atom stereocenters. The van der Waals surface area contributed by atoms with E-state index in [-0.39, 0.29) is 17.6 Å². The molecule has 0 spiro atoms. The second-order valence-electron chi connectivity index (χ2n) is 8.92. The maximum atomic E-state index is 13.2. The van der Waals surface area contributed by atoms with Crippen LogP contribution >= 0.6 is 11.3 Å². The van der Waals surface area contributed by atoms with Crippen LogP contribution in [0.3, 0.4) is 0 Å². The van der Waals surface area contributed by atoms with Crippen LogP contribution < -0.4 is 5.56 Å². The van der Waals surface area contributed by atoms with E-state index in [1.807, 2.05) is 42.5 Å². The molecule has 2 heterocycles. The van der Waals surface area contributed by atoms with Gasteiger partial charge >= 0.3 is 5.97 Å². The molecular weight excluding hydrogens is 420 g/mol. The van der Waals surface area contributed by atoms with E-state index < -0.39 is 5.97 Å². The molecule has 0 N–H and O–H groups in total. The highest BCUT2D eigenvalue weighted by Crippen LogP contribution is 2.28. The summed E-state index contributed by atoms with van der Waals surface area (Å²) < 4.78 is 7.05. The molecule has 2 aromatic heterocycles. The molecule has 4 aromatic rings. The van der Waals surface area contributed by atoms with Gasteiger partial charge in [0, 0.05) is 0 Å². The third kappa shape index (κ3) is 4.50. The summed E-state index contributed by atoms with van der Waals surface area (Å²) in [6, 6.07) is 17.8. The molecule has 0 amide bonds. The van der Waals surface area contributed by atoms with E-state index >= 15 is 0 Å². The zero-order valence-electron chi connectivity index (χ0n) is 18.7. The minimum atomic E-state index is -0.432. The first kappa shape index (κ1) is 22.0. The summed E-state index contributed by atoms with van der Waals surface area (Å²) in [5.41, 5.74) is 3.74. The highest BCUT2D eigenvalue weighted by atomic mass is 32.1. The van der Waals surface area contributed by atoms with Crippen LogP contribution in [0.25, 0.3) is 10.2 Å². The van der Waals surface area contributed by atoms with E-state index in [4.69, 9.17) is 4.74 Å². The summed E-state index contributed by atoms with van der Waals surface area (Å²) in [6.45, 7) is 8.92. The fourth-order valence-corrected chi connectivity index (χ4v) is 4.60. The zero-order chi connectivity index (χ0) is 22.9. The van der Waals surface area contributed by atoms with Crippen LogP contribution in [0, 0.1) is 6.92 Å². The highest BCUT2D eigenvalue weighted by molar-refractivity contribution is 7.20. The fourth-order valence-electron chi connectivity index (χ4n) is 3.56. The molecular formula is C26H26N2O3S. The standard InChI is InChI=1S/C26H26N2O3S/c1-17-21-23(32-22(17)25(30)31-15-19-8-6-5-7-9-19)27-16-28(24(21)29)14-18-10-12-20(13-11-18)26(2,3)4/h5-13,16H,14-15H2,1-4H3. The zero-order valence-corrected chi connectivity index (χ0v) is 19.5. The molecule has 164 valence electrons. The number of thiophene rings is 1. The van der Waals surface area contributed by atoms with Crippen LogP contribution in [0.1, 0.15) is 52.7 Å². The lowest BCUT2D eigenvalue weighted by atomic mass is 9.87. The number of carbonyl (C=O) groups excluding carboxylic acids is 1. The van der Waals surface area contributed by atoms with Crippen molar-refractivity contribution < 1.29 is 9.53 Å². The second-order valence-corrected chi connectivity index (χ2v) is 9.92. The molecule has 0 fully saturated rings. The highest BCUT2D eigenvalue weighted by Gasteiger charge is 2.21. The number of esters is 1. The van der Waals surface area contributed by atoms with E-state index in [2.05, 4.69) is 37.9 Å². The van der Waals surface area contributed by atoms with Crippen LogP contribution in [0.4, 0.5) is 0 Å². The fraction of sp³-hybridized carbons (Fsp3) is 0.269. The Balaban J connectivity index is 1.58. The van der Waals surface area contributed by atoms with Crippen molar-refractivity contribution in [1.82, 2.24) is 9.55 Å². The van der Waals surface area contributed by atoms with Gasteiger partial charge in [-0.1, -0.05) is 75.4 Å². The van der Waals surface area contributed by atoms with Gasteiger partial charge in [-0.2, -0.15) is 0 Å². The maximum absolute atomic E-state index is 13.2. The second kappa shape index (κ2) is 8.71. The summed E-state index contributed by atoms with van der Waals surface area (Å²) in [5.74, 6) is -0.432. The lowest BCUT2D eigenvalue weighted by Crippen LogP contribution is -2.21. The predicted octanol–water partition coefficient (Wildman–Crippen LogP) is 5.47. The Morgan fingerprint density at radius 1 is 1.03 bits per heavy atom. The number of hydrogen-bond acceptors (Lipinski definition) is 5. The van der Waals surface area contributed by atoms with Gasteiger partial charge in [-0.3, -0.25) is 9.36 Å². The Labute approximate surface area is 191 Å². The van der Waals surface area contributed by atoms with Crippen LogP contribution in [-0.2, 0) is 23.3 Å². The van der Waals surface area contributed by atoms with Crippen molar-refractivity contribution in [3.8, 4) is 0 Å². The molecule has 5 nitrogen and oxygen atoms in total. The molecule has 0 aliphatic carbocycles. The van der Waals surface area contributed by atoms with Crippen molar-refractivity contribution in [2.75, 3.05) is 0 Å². The van der Waals surface area contributed by atoms with Gasteiger partial charge in [-0.25, -0.2) is 9.78 Å². The molecule has 6 heteroatoms.